The van der Waals surface area contributed by atoms with E-state index in [-0.39, 0.29) is 18.2 Å². The van der Waals surface area contributed by atoms with E-state index in [0.29, 0.717) is 17.0 Å². The van der Waals surface area contributed by atoms with Gasteiger partial charge >= 0.3 is 0 Å². The fourth-order valence-corrected chi connectivity index (χ4v) is 2.71. The molecule has 3 rings (SSSR count). The standard InChI is InChI=1S/C19H22N4O3/c1-11-7-6-8-12(2)18(11)25-10-15-14(4)26-22-17(15)19(24)21-16-9-20-23(5)13(16)3/h6-9H,10H2,1-5H3,(H,21,24). The van der Waals surface area contributed by atoms with Gasteiger partial charge in [0.15, 0.2) is 5.69 Å². The first-order chi connectivity index (χ1) is 12.4. The highest BCUT2D eigenvalue weighted by molar-refractivity contribution is 6.04. The molecule has 7 heteroatoms. The van der Waals surface area contributed by atoms with Crippen LogP contribution in [-0.4, -0.2) is 20.8 Å². The number of rotatable bonds is 5. The molecule has 0 aliphatic heterocycles. The number of amides is 1. The normalized spacial score (nSPS) is 10.8. The number of para-hydroxylation sites is 1. The molecule has 1 aromatic carbocycles. The van der Waals surface area contributed by atoms with Gasteiger partial charge in [-0.25, -0.2) is 0 Å². The smallest absolute Gasteiger partial charge is 0.278 e. The molecule has 136 valence electrons. The van der Waals surface area contributed by atoms with Crippen LogP contribution in [0, 0.1) is 27.7 Å². The number of benzene rings is 1. The molecule has 26 heavy (non-hydrogen) atoms. The first kappa shape index (κ1) is 17.7. The highest BCUT2D eigenvalue weighted by Crippen LogP contribution is 2.25. The second kappa shape index (κ2) is 7.03. The number of aromatic nitrogens is 3. The van der Waals surface area contributed by atoms with Crippen molar-refractivity contribution in [3.8, 4) is 5.75 Å². The molecule has 3 aromatic rings. The Kier molecular flexibility index (Phi) is 4.79. The Labute approximate surface area is 151 Å². The predicted molar refractivity (Wildman–Crippen MR) is 97.4 cm³/mol. The summed E-state index contributed by atoms with van der Waals surface area (Å²) in [6.45, 7) is 7.82. The minimum absolute atomic E-state index is 0.204. The first-order valence-electron chi connectivity index (χ1n) is 8.32. The van der Waals surface area contributed by atoms with Crippen LogP contribution >= 0.6 is 0 Å². The van der Waals surface area contributed by atoms with Crippen molar-refractivity contribution in [1.82, 2.24) is 14.9 Å². The number of hydrogen-bond acceptors (Lipinski definition) is 5. The van der Waals surface area contributed by atoms with Crippen molar-refractivity contribution >= 4 is 11.6 Å². The highest BCUT2D eigenvalue weighted by Gasteiger charge is 2.22. The van der Waals surface area contributed by atoms with Gasteiger partial charge in [0.2, 0.25) is 0 Å². The van der Waals surface area contributed by atoms with E-state index < -0.39 is 0 Å². The Morgan fingerprint density at radius 3 is 2.54 bits per heavy atom. The van der Waals surface area contributed by atoms with Crippen molar-refractivity contribution in [2.45, 2.75) is 34.3 Å². The van der Waals surface area contributed by atoms with E-state index in [1.807, 2.05) is 46.0 Å². The summed E-state index contributed by atoms with van der Waals surface area (Å²) in [6, 6.07) is 5.96. The number of carbonyl (C=O) groups excluding carboxylic acids is 1. The minimum atomic E-state index is -0.349. The van der Waals surface area contributed by atoms with Gasteiger partial charge in [0.05, 0.1) is 23.1 Å². The molecule has 2 heterocycles. The largest absolute Gasteiger partial charge is 0.488 e. The van der Waals surface area contributed by atoms with Crippen LogP contribution < -0.4 is 10.1 Å². The van der Waals surface area contributed by atoms with Crippen LogP contribution in [0.4, 0.5) is 5.69 Å². The third kappa shape index (κ3) is 3.33. The number of nitrogens with one attached hydrogen (secondary N) is 1. The van der Waals surface area contributed by atoms with Crippen LogP contribution in [0.2, 0.25) is 0 Å². The zero-order chi connectivity index (χ0) is 18.8. The third-order valence-electron chi connectivity index (χ3n) is 4.45. The Morgan fingerprint density at radius 1 is 1.23 bits per heavy atom. The van der Waals surface area contributed by atoms with Gasteiger partial charge in [-0.3, -0.25) is 9.48 Å². The minimum Gasteiger partial charge on any atom is -0.488 e. The summed E-state index contributed by atoms with van der Waals surface area (Å²) in [5.74, 6) is 1.02. The van der Waals surface area contributed by atoms with Gasteiger partial charge in [-0.05, 0) is 38.8 Å². The van der Waals surface area contributed by atoms with Crippen molar-refractivity contribution in [2.75, 3.05) is 5.32 Å². The van der Waals surface area contributed by atoms with Crippen molar-refractivity contribution in [1.29, 1.82) is 0 Å². The van der Waals surface area contributed by atoms with Gasteiger partial charge in [0, 0.05) is 7.05 Å². The van der Waals surface area contributed by atoms with Gasteiger partial charge < -0.3 is 14.6 Å². The molecule has 0 fully saturated rings. The molecule has 0 aliphatic rings. The maximum atomic E-state index is 12.6. The summed E-state index contributed by atoms with van der Waals surface area (Å²) in [4.78, 5) is 12.6. The maximum absolute atomic E-state index is 12.6. The number of nitrogens with zero attached hydrogens (tertiary/aromatic N) is 3. The van der Waals surface area contributed by atoms with E-state index in [0.717, 1.165) is 22.6 Å². The summed E-state index contributed by atoms with van der Waals surface area (Å²) in [5.41, 5.74) is 4.42. The van der Waals surface area contributed by atoms with Crippen molar-refractivity contribution in [3.63, 3.8) is 0 Å². The number of carbonyl (C=O) groups is 1. The molecular weight excluding hydrogens is 332 g/mol. The van der Waals surface area contributed by atoms with E-state index in [2.05, 4.69) is 15.6 Å². The van der Waals surface area contributed by atoms with Gasteiger partial charge in [0.1, 0.15) is 18.1 Å². The van der Waals surface area contributed by atoms with E-state index in [1.54, 1.807) is 17.8 Å². The van der Waals surface area contributed by atoms with Crippen molar-refractivity contribution in [2.24, 2.45) is 7.05 Å². The molecule has 0 bridgehead atoms. The Morgan fingerprint density at radius 2 is 1.92 bits per heavy atom. The second-order valence-electron chi connectivity index (χ2n) is 6.30. The zero-order valence-corrected chi connectivity index (χ0v) is 15.6. The molecule has 7 nitrogen and oxygen atoms in total. The molecule has 0 saturated heterocycles. The predicted octanol–water partition coefficient (Wildman–Crippen LogP) is 3.47. The van der Waals surface area contributed by atoms with Gasteiger partial charge in [-0.15, -0.1) is 0 Å². The summed E-state index contributed by atoms with van der Waals surface area (Å²) >= 11 is 0. The molecule has 2 aromatic heterocycles. The molecule has 1 amide bonds. The van der Waals surface area contributed by atoms with Crippen LogP contribution in [0.5, 0.6) is 5.75 Å². The lowest BCUT2D eigenvalue weighted by molar-refractivity contribution is 0.101. The number of hydrogen-bond donors (Lipinski definition) is 1. The average molecular weight is 354 g/mol. The molecule has 0 aliphatic carbocycles. The Hall–Kier alpha value is -3.09. The van der Waals surface area contributed by atoms with Crippen LogP contribution in [-0.2, 0) is 13.7 Å². The fourth-order valence-electron chi connectivity index (χ4n) is 2.71. The highest BCUT2D eigenvalue weighted by atomic mass is 16.5. The SMILES string of the molecule is Cc1cccc(C)c1OCc1c(C(=O)Nc2cnn(C)c2C)noc1C. The molecule has 0 atom stereocenters. The molecule has 0 spiro atoms. The number of aryl methyl sites for hydroxylation is 4. The van der Waals surface area contributed by atoms with Crippen molar-refractivity contribution in [3.05, 3.63) is 58.2 Å². The molecule has 0 saturated carbocycles. The lowest BCUT2D eigenvalue weighted by atomic mass is 10.1. The van der Waals surface area contributed by atoms with E-state index >= 15 is 0 Å². The molecule has 0 unspecified atom stereocenters. The van der Waals surface area contributed by atoms with Crippen LogP contribution in [0.15, 0.2) is 28.9 Å². The maximum Gasteiger partial charge on any atom is 0.278 e. The summed E-state index contributed by atoms with van der Waals surface area (Å²) in [5, 5.41) is 10.9. The monoisotopic (exact) mass is 354 g/mol. The second-order valence-corrected chi connectivity index (χ2v) is 6.30. The fraction of sp³-hybridized carbons (Fsp3) is 0.316. The summed E-state index contributed by atoms with van der Waals surface area (Å²) in [7, 11) is 1.81. The Balaban J connectivity index is 1.80. The topological polar surface area (TPSA) is 82.2 Å². The summed E-state index contributed by atoms with van der Waals surface area (Å²) < 4.78 is 12.9. The molecule has 1 N–H and O–H groups in total. The van der Waals surface area contributed by atoms with Crippen molar-refractivity contribution < 1.29 is 14.1 Å². The quantitative estimate of drug-likeness (QED) is 0.758. The van der Waals surface area contributed by atoms with Gasteiger partial charge in [0.25, 0.3) is 5.91 Å². The van der Waals surface area contributed by atoms with Crippen LogP contribution in [0.3, 0.4) is 0 Å². The van der Waals surface area contributed by atoms with E-state index in [4.69, 9.17) is 9.26 Å². The first-order valence-corrected chi connectivity index (χ1v) is 8.32. The Bertz CT molecular complexity index is 936. The van der Waals surface area contributed by atoms with Gasteiger partial charge in [-0.1, -0.05) is 23.4 Å². The van der Waals surface area contributed by atoms with E-state index in [1.165, 1.54) is 0 Å². The van der Waals surface area contributed by atoms with Crippen LogP contribution in [0.1, 0.15) is 38.6 Å². The number of anilines is 1. The zero-order valence-electron chi connectivity index (χ0n) is 15.6. The van der Waals surface area contributed by atoms with Crippen LogP contribution in [0.25, 0.3) is 0 Å². The number of ether oxygens (including phenoxy) is 1. The van der Waals surface area contributed by atoms with Gasteiger partial charge in [-0.2, -0.15) is 5.10 Å². The molecular formula is C19H22N4O3. The average Bonchev–Trinajstić information content (AvgIpc) is 3.12. The summed E-state index contributed by atoms with van der Waals surface area (Å²) in [6.07, 6.45) is 1.60. The lowest BCUT2D eigenvalue weighted by Gasteiger charge is -2.12. The van der Waals surface area contributed by atoms with E-state index in [9.17, 15) is 4.79 Å². The molecule has 0 radical (unpaired) electrons. The lowest BCUT2D eigenvalue weighted by Crippen LogP contribution is -2.16. The third-order valence-corrected chi connectivity index (χ3v) is 4.45.